The lowest BCUT2D eigenvalue weighted by Crippen LogP contribution is -2.55. The highest BCUT2D eigenvalue weighted by Crippen LogP contribution is 2.41. The monoisotopic (exact) mass is 626 g/mol. The molecule has 1 atom stereocenters. The predicted molar refractivity (Wildman–Crippen MR) is 192 cm³/mol. The largest absolute Gasteiger partial charge is 0.352 e. The minimum Gasteiger partial charge on any atom is -0.352 e. The van der Waals surface area contributed by atoms with Gasteiger partial charge in [0.25, 0.3) is 0 Å². The summed E-state index contributed by atoms with van der Waals surface area (Å²) in [5, 5.41) is 3.21. The van der Waals surface area contributed by atoms with Crippen LogP contribution in [0.3, 0.4) is 0 Å². The first kappa shape index (κ1) is 31.2. The average Bonchev–Trinajstić information content (AvgIpc) is 3.12. The summed E-state index contributed by atoms with van der Waals surface area (Å²) in [5.41, 5.74) is 7.77. The number of fused-ring (bicyclic) bond motifs is 1. The number of aryl methyl sites for hydroxylation is 1. The second-order valence-electron chi connectivity index (χ2n) is 13.3. The molecule has 0 bridgehead atoms. The van der Waals surface area contributed by atoms with E-state index in [2.05, 4.69) is 136 Å². The molecule has 7 heteroatoms. The van der Waals surface area contributed by atoms with Gasteiger partial charge in [0.05, 0.1) is 18.2 Å². The van der Waals surface area contributed by atoms with Gasteiger partial charge in [0.15, 0.2) is 0 Å². The van der Waals surface area contributed by atoms with Gasteiger partial charge < -0.3 is 20.0 Å². The number of likely N-dealkylation sites (N-methyl/N-ethyl adjacent to an activating group) is 1. The van der Waals surface area contributed by atoms with Crippen LogP contribution in [0.1, 0.15) is 42.0 Å². The van der Waals surface area contributed by atoms with Crippen LogP contribution in [-0.4, -0.2) is 78.9 Å². The maximum atomic E-state index is 13.7. The van der Waals surface area contributed by atoms with Crippen molar-refractivity contribution in [1.82, 2.24) is 20.0 Å². The lowest BCUT2D eigenvalue weighted by Gasteiger charge is -2.46. The Morgan fingerprint density at radius 2 is 1.43 bits per heavy atom. The maximum Gasteiger partial charge on any atom is 0.222 e. The lowest BCUT2D eigenvalue weighted by molar-refractivity contribution is -0.121. The van der Waals surface area contributed by atoms with Crippen LogP contribution < -0.4 is 10.2 Å². The van der Waals surface area contributed by atoms with E-state index >= 15 is 0 Å². The fourth-order valence-electron chi connectivity index (χ4n) is 7.25. The van der Waals surface area contributed by atoms with Crippen molar-refractivity contribution in [3.05, 3.63) is 120 Å². The van der Waals surface area contributed by atoms with Gasteiger partial charge in [0, 0.05) is 63.1 Å². The third-order valence-corrected chi connectivity index (χ3v) is 10.1. The fourth-order valence-corrected chi connectivity index (χ4v) is 7.25. The number of nitrogens with zero attached hydrogens (tertiary/aromatic N) is 5. The number of anilines is 1. The highest BCUT2D eigenvalue weighted by atomic mass is 16.1. The summed E-state index contributed by atoms with van der Waals surface area (Å²) in [6.45, 7) is 9.07. The summed E-state index contributed by atoms with van der Waals surface area (Å²) < 4.78 is 0. The molecule has 47 heavy (non-hydrogen) atoms. The molecular weight excluding hydrogens is 580 g/mol. The van der Waals surface area contributed by atoms with Gasteiger partial charge in [0.1, 0.15) is 0 Å². The molecule has 0 aliphatic carbocycles. The number of likely N-dealkylation sites (tertiary alicyclic amines) is 1. The van der Waals surface area contributed by atoms with Crippen LogP contribution in [0.25, 0.3) is 11.1 Å². The Morgan fingerprint density at radius 1 is 0.766 bits per heavy atom. The molecule has 0 spiro atoms. The van der Waals surface area contributed by atoms with Gasteiger partial charge in [-0.3, -0.25) is 9.69 Å². The van der Waals surface area contributed by atoms with Gasteiger partial charge in [-0.25, -0.2) is 4.99 Å². The molecule has 242 valence electrons. The molecule has 4 aromatic carbocycles. The summed E-state index contributed by atoms with van der Waals surface area (Å²) in [7, 11) is 2.22. The normalized spacial score (nSPS) is 19.3. The van der Waals surface area contributed by atoms with Crippen molar-refractivity contribution in [1.29, 1.82) is 0 Å². The fraction of sp³-hybridized carbons (Fsp3) is 0.350. The van der Waals surface area contributed by atoms with Gasteiger partial charge in [-0.1, -0.05) is 90.5 Å². The molecule has 0 aromatic heterocycles. The van der Waals surface area contributed by atoms with Gasteiger partial charge >= 0.3 is 0 Å². The van der Waals surface area contributed by atoms with Crippen molar-refractivity contribution >= 4 is 23.2 Å². The summed E-state index contributed by atoms with van der Waals surface area (Å²) >= 11 is 0. The molecule has 4 aromatic rings. The second-order valence-corrected chi connectivity index (χ2v) is 13.3. The number of carbonyl (C=O) groups is 1. The predicted octanol–water partition coefficient (Wildman–Crippen LogP) is 6.63. The molecule has 1 N–H and O–H groups in total. The van der Waals surface area contributed by atoms with E-state index in [1.54, 1.807) is 0 Å². The Kier molecular flexibility index (Phi) is 9.36. The number of piperazine rings is 1. The number of para-hydroxylation sites is 1. The van der Waals surface area contributed by atoms with Gasteiger partial charge in [-0.15, -0.1) is 0 Å². The molecule has 1 unspecified atom stereocenters. The number of hydrogen-bond acceptors (Lipinski definition) is 6. The lowest BCUT2D eigenvalue weighted by atomic mass is 9.96. The van der Waals surface area contributed by atoms with E-state index < -0.39 is 0 Å². The van der Waals surface area contributed by atoms with Crippen molar-refractivity contribution in [2.75, 3.05) is 51.2 Å². The van der Waals surface area contributed by atoms with Crippen LogP contribution in [-0.2, 0) is 11.3 Å². The average molecular weight is 627 g/mol. The molecule has 3 heterocycles. The first-order valence-electron chi connectivity index (χ1n) is 17.1. The van der Waals surface area contributed by atoms with Crippen molar-refractivity contribution in [3.63, 3.8) is 0 Å². The number of piperidine rings is 1. The molecule has 2 fully saturated rings. The van der Waals surface area contributed by atoms with E-state index in [0.29, 0.717) is 19.0 Å². The minimum atomic E-state index is -0.186. The number of aliphatic imine (C=N–C) groups is 1. The van der Waals surface area contributed by atoms with Crippen LogP contribution >= 0.6 is 0 Å². The third-order valence-electron chi connectivity index (χ3n) is 10.1. The Labute approximate surface area is 279 Å². The number of benzene rings is 4. The van der Waals surface area contributed by atoms with E-state index in [9.17, 15) is 4.79 Å². The number of nitrogens with one attached hydrogen (secondary N) is 1. The van der Waals surface area contributed by atoms with Gasteiger partial charge in [-0.2, -0.15) is 0 Å². The smallest absolute Gasteiger partial charge is 0.222 e. The van der Waals surface area contributed by atoms with Crippen LogP contribution in [0.4, 0.5) is 11.4 Å². The van der Waals surface area contributed by atoms with Crippen molar-refractivity contribution < 1.29 is 4.79 Å². The second kappa shape index (κ2) is 14.1. The maximum absolute atomic E-state index is 13.7. The SMILES string of the molecule is Cc1ccc(CNC(=O)CC2c3ccccc3N=C(N3CCC(N4CCN(C)CC4)CC3)N2c2ccc(-c3ccccc3)cc2)cc1. The van der Waals surface area contributed by atoms with E-state index in [4.69, 9.17) is 4.99 Å². The molecule has 1 amide bonds. The number of carbonyl (C=O) groups excluding carboxylic acids is 1. The zero-order chi connectivity index (χ0) is 32.2. The van der Waals surface area contributed by atoms with Crippen LogP contribution in [0.5, 0.6) is 0 Å². The minimum absolute atomic E-state index is 0.0336. The molecular formula is C40H46N6O. The molecule has 2 saturated heterocycles. The summed E-state index contributed by atoms with van der Waals surface area (Å²) in [4.78, 5) is 28.9. The van der Waals surface area contributed by atoms with E-state index in [1.807, 2.05) is 6.07 Å². The topological polar surface area (TPSA) is 54.4 Å². The summed E-state index contributed by atoms with van der Waals surface area (Å²) in [6.07, 6.45) is 2.57. The van der Waals surface area contributed by atoms with Crippen molar-refractivity contribution in [2.24, 2.45) is 4.99 Å². The highest BCUT2D eigenvalue weighted by Gasteiger charge is 2.37. The molecule has 3 aliphatic heterocycles. The van der Waals surface area contributed by atoms with E-state index in [1.165, 1.54) is 16.7 Å². The molecule has 0 saturated carbocycles. The zero-order valence-electron chi connectivity index (χ0n) is 27.7. The Hall–Kier alpha value is -4.46. The Morgan fingerprint density at radius 3 is 2.15 bits per heavy atom. The Balaban J connectivity index is 1.18. The highest BCUT2D eigenvalue weighted by molar-refractivity contribution is 6.01. The number of hydrogen-bond donors (Lipinski definition) is 1. The van der Waals surface area contributed by atoms with E-state index in [0.717, 1.165) is 80.6 Å². The van der Waals surface area contributed by atoms with Crippen molar-refractivity contribution in [2.45, 2.75) is 44.8 Å². The molecule has 7 nitrogen and oxygen atoms in total. The van der Waals surface area contributed by atoms with E-state index in [-0.39, 0.29) is 11.9 Å². The standard InChI is InChI=1S/C40H46N6O/c1-30-12-14-31(15-13-30)29-41-39(47)28-38-36-10-6-7-11-37(36)42-40(45-22-20-34(21-23-45)44-26-24-43(2)25-27-44)46(38)35-18-16-33(17-19-35)32-8-4-3-5-9-32/h3-19,34,38H,20-29H2,1-2H3,(H,41,47). The number of rotatable bonds is 7. The molecule has 3 aliphatic rings. The van der Waals surface area contributed by atoms with Gasteiger partial charge in [0.2, 0.25) is 11.9 Å². The quantitative estimate of drug-likeness (QED) is 0.250. The number of guanidine groups is 1. The zero-order valence-corrected chi connectivity index (χ0v) is 27.7. The number of amides is 1. The van der Waals surface area contributed by atoms with Crippen LogP contribution in [0.2, 0.25) is 0 Å². The summed E-state index contributed by atoms with van der Waals surface area (Å²) in [6, 6.07) is 36.4. The third kappa shape index (κ3) is 7.11. The Bertz CT molecular complexity index is 1670. The first-order valence-corrected chi connectivity index (χ1v) is 17.1. The molecule has 0 radical (unpaired) electrons. The molecule has 7 rings (SSSR count). The van der Waals surface area contributed by atoms with Crippen LogP contribution in [0.15, 0.2) is 108 Å². The van der Waals surface area contributed by atoms with Gasteiger partial charge in [-0.05, 0) is 61.7 Å². The van der Waals surface area contributed by atoms with Crippen LogP contribution in [0, 0.1) is 6.92 Å². The summed E-state index contributed by atoms with van der Waals surface area (Å²) in [5.74, 6) is 0.982. The van der Waals surface area contributed by atoms with Crippen molar-refractivity contribution in [3.8, 4) is 11.1 Å². The first-order chi connectivity index (χ1) is 23.0.